The molecule has 104 valence electrons. The van der Waals surface area contributed by atoms with Crippen LogP contribution in [0.3, 0.4) is 0 Å². The second kappa shape index (κ2) is 6.47. The highest BCUT2D eigenvalue weighted by Crippen LogP contribution is 2.18. The second-order valence-electron chi connectivity index (χ2n) is 4.76. The Balaban J connectivity index is 1.74. The van der Waals surface area contributed by atoms with Gasteiger partial charge in [-0.05, 0) is 37.8 Å². The van der Waals surface area contributed by atoms with Crippen LogP contribution in [0.4, 0.5) is 9.18 Å². The summed E-state index contributed by atoms with van der Waals surface area (Å²) in [5.41, 5.74) is 0.219. The van der Waals surface area contributed by atoms with Crippen LogP contribution in [0.25, 0.3) is 0 Å². The fourth-order valence-electron chi connectivity index (χ4n) is 2.17. The highest BCUT2D eigenvalue weighted by Gasteiger charge is 2.20. The molecule has 1 aromatic rings. The van der Waals surface area contributed by atoms with E-state index in [9.17, 15) is 14.3 Å². The standard InChI is InChI=1S/C13H18FN3O2/c14-11-2-1-7-15-12(11)8-16-13(19)17-9-3-5-10(18)6-4-9/h1-2,7,9-10,18H,3-6,8H2,(H2,16,17,19). The summed E-state index contributed by atoms with van der Waals surface area (Å²) < 4.78 is 13.3. The minimum absolute atomic E-state index is 0.0633. The number of hydrogen-bond acceptors (Lipinski definition) is 3. The van der Waals surface area contributed by atoms with Crippen molar-refractivity contribution in [1.29, 1.82) is 0 Å². The average molecular weight is 267 g/mol. The largest absolute Gasteiger partial charge is 0.393 e. The molecule has 0 unspecified atom stereocenters. The summed E-state index contributed by atoms with van der Waals surface area (Å²) in [4.78, 5) is 15.5. The number of carbonyl (C=O) groups excluding carboxylic acids is 1. The van der Waals surface area contributed by atoms with Gasteiger partial charge in [0, 0.05) is 12.2 Å². The van der Waals surface area contributed by atoms with Crippen LogP contribution in [0.1, 0.15) is 31.4 Å². The third-order valence-electron chi connectivity index (χ3n) is 3.28. The van der Waals surface area contributed by atoms with E-state index in [1.54, 1.807) is 0 Å². The lowest BCUT2D eigenvalue weighted by Gasteiger charge is -2.26. The number of rotatable bonds is 3. The van der Waals surface area contributed by atoms with Crippen LogP contribution in [0.2, 0.25) is 0 Å². The van der Waals surface area contributed by atoms with Crippen molar-refractivity contribution < 1.29 is 14.3 Å². The molecular formula is C13H18FN3O2. The first-order valence-corrected chi connectivity index (χ1v) is 6.47. The Morgan fingerprint density at radius 2 is 2.16 bits per heavy atom. The summed E-state index contributed by atoms with van der Waals surface area (Å²) in [6.45, 7) is 0.0633. The maximum atomic E-state index is 13.3. The molecule has 1 aliphatic rings. The first-order valence-electron chi connectivity index (χ1n) is 6.47. The Morgan fingerprint density at radius 1 is 1.42 bits per heavy atom. The van der Waals surface area contributed by atoms with E-state index in [-0.39, 0.29) is 30.4 Å². The highest BCUT2D eigenvalue weighted by molar-refractivity contribution is 5.74. The van der Waals surface area contributed by atoms with Crippen LogP contribution in [0.5, 0.6) is 0 Å². The van der Waals surface area contributed by atoms with E-state index in [2.05, 4.69) is 15.6 Å². The van der Waals surface area contributed by atoms with Gasteiger partial charge in [-0.3, -0.25) is 4.98 Å². The number of nitrogens with one attached hydrogen (secondary N) is 2. The predicted octanol–water partition coefficient (Wildman–Crippen LogP) is 1.32. The second-order valence-corrected chi connectivity index (χ2v) is 4.76. The molecule has 0 bridgehead atoms. The molecule has 1 aromatic heterocycles. The summed E-state index contributed by atoms with van der Waals surface area (Å²) in [5.74, 6) is -0.427. The number of hydrogen-bond donors (Lipinski definition) is 3. The fraction of sp³-hybridized carbons (Fsp3) is 0.538. The van der Waals surface area contributed by atoms with Gasteiger partial charge in [-0.15, -0.1) is 0 Å². The van der Waals surface area contributed by atoms with Crippen molar-refractivity contribution in [3.8, 4) is 0 Å². The lowest BCUT2D eigenvalue weighted by Crippen LogP contribution is -2.44. The first kappa shape index (κ1) is 13.7. The van der Waals surface area contributed by atoms with Gasteiger partial charge < -0.3 is 15.7 Å². The maximum Gasteiger partial charge on any atom is 0.315 e. The molecular weight excluding hydrogens is 249 g/mol. The van der Waals surface area contributed by atoms with Gasteiger partial charge in [0.1, 0.15) is 5.82 Å². The van der Waals surface area contributed by atoms with Gasteiger partial charge in [-0.1, -0.05) is 0 Å². The number of halogens is 1. The first-order chi connectivity index (χ1) is 9.15. The molecule has 3 N–H and O–H groups in total. The minimum atomic E-state index is -0.427. The summed E-state index contributed by atoms with van der Waals surface area (Å²) in [7, 11) is 0. The molecule has 6 heteroatoms. The number of carbonyl (C=O) groups is 1. The zero-order valence-corrected chi connectivity index (χ0v) is 10.6. The molecule has 1 aliphatic carbocycles. The Morgan fingerprint density at radius 3 is 2.84 bits per heavy atom. The quantitative estimate of drug-likeness (QED) is 0.773. The Kier molecular flexibility index (Phi) is 4.68. The topological polar surface area (TPSA) is 74.2 Å². The van der Waals surface area contributed by atoms with E-state index in [1.165, 1.54) is 18.3 Å². The van der Waals surface area contributed by atoms with E-state index >= 15 is 0 Å². The molecule has 5 nitrogen and oxygen atoms in total. The zero-order chi connectivity index (χ0) is 13.7. The molecule has 2 amide bonds. The molecule has 1 heterocycles. The van der Waals surface area contributed by atoms with E-state index in [0.29, 0.717) is 12.8 Å². The fourth-order valence-corrected chi connectivity index (χ4v) is 2.17. The zero-order valence-electron chi connectivity index (χ0n) is 10.6. The Bertz CT molecular complexity index is 434. The van der Waals surface area contributed by atoms with Gasteiger partial charge in [0.2, 0.25) is 0 Å². The number of urea groups is 1. The lowest BCUT2D eigenvalue weighted by atomic mass is 9.93. The molecule has 0 saturated heterocycles. The minimum Gasteiger partial charge on any atom is -0.393 e. The molecule has 2 rings (SSSR count). The monoisotopic (exact) mass is 267 g/mol. The van der Waals surface area contributed by atoms with Crippen LogP contribution < -0.4 is 10.6 Å². The van der Waals surface area contributed by atoms with Gasteiger partial charge >= 0.3 is 6.03 Å². The third kappa shape index (κ3) is 4.17. The van der Waals surface area contributed by atoms with Crippen molar-refractivity contribution in [2.24, 2.45) is 0 Å². The average Bonchev–Trinajstić information content (AvgIpc) is 2.40. The van der Waals surface area contributed by atoms with E-state index in [4.69, 9.17) is 0 Å². The van der Waals surface area contributed by atoms with Crippen LogP contribution >= 0.6 is 0 Å². The summed E-state index contributed by atoms with van der Waals surface area (Å²) in [6.07, 6.45) is 4.20. The van der Waals surface area contributed by atoms with Crippen LogP contribution in [-0.2, 0) is 6.54 Å². The summed E-state index contributed by atoms with van der Waals surface area (Å²) in [6, 6.07) is 2.57. The highest BCUT2D eigenvalue weighted by atomic mass is 19.1. The number of aliphatic hydroxyl groups excluding tert-OH is 1. The van der Waals surface area contributed by atoms with Gasteiger partial charge in [-0.2, -0.15) is 0 Å². The van der Waals surface area contributed by atoms with E-state index in [1.807, 2.05) is 0 Å². The summed E-state index contributed by atoms with van der Waals surface area (Å²) >= 11 is 0. The molecule has 0 aromatic carbocycles. The van der Waals surface area contributed by atoms with Gasteiger partial charge in [0.05, 0.1) is 18.3 Å². The van der Waals surface area contributed by atoms with Crippen molar-refractivity contribution in [3.05, 3.63) is 29.8 Å². The smallest absolute Gasteiger partial charge is 0.315 e. The number of amides is 2. The van der Waals surface area contributed by atoms with Crippen molar-refractivity contribution in [2.45, 2.75) is 44.4 Å². The normalized spacial score (nSPS) is 22.8. The van der Waals surface area contributed by atoms with Gasteiger partial charge in [0.25, 0.3) is 0 Å². The predicted molar refractivity (Wildman–Crippen MR) is 67.8 cm³/mol. The molecule has 1 fully saturated rings. The lowest BCUT2D eigenvalue weighted by molar-refractivity contribution is 0.117. The van der Waals surface area contributed by atoms with Gasteiger partial charge in [0.15, 0.2) is 0 Å². The van der Waals surface area contributed by atoms with Crippen molar-refractivity contribution in [1.82, 2.24) is 15.6 Å². The summed E-state index contributed by atoms with van der Waals surface area (Å²) in [5, 5.41) is 14.8. The van der Waals surface area contributed by atoms with Crippen molar-refractivity contribution in [2.75, 3.05) is 0 Å². The van der Waals surface area contributed by atoms with Crippen molar-refractivity contribution in [3.63, 3.8) is 0 Å². The molecule has 0 aliphatic heterocycles. The third-order valence-corrected chi connectivity index (χ3v) is 3.28. The maximum absolute atomic E-state index is 13.3. The SMILES string of the molecule is O=C(NCc1ncccc1F)NC1CCC(O)CC1. The molecule has 1 saturated carbocycles. The van der Waals surface area contributed by atoms with E-state index in [0.717, 1.165) is 12.8 Å². The number of pyridine rings is 1. The Hall–Kier alpha value is -1.69. The number of nitrogens with zero attached hydrogens (tertiary/aromatic N) is 1. The molecule has 0 radical (unpaired) electrons. The molecule has 0 spiro atoms. The molecule has 19 heavy (non-hydrogen) atoms. The van der Waals surface area contributed by atoms with Crippen molar-refractivity contribution >= 4 is 6.03 Å². The van der Waals surface area contributed by atoms with Gasteiger partial charge in [-0.25, -0.2) is 9.18 Å². The number of aromatic nitrogens is 1. The van der Waals surface area contributed by atoms with Crippen LogP contribution in [0, 0.1) is 5.82 Å². The molecule has 0 atom stereocenters. The van der Waals surface area contributed by atoms with E-state index < -0.39 is 5.82 Å². The number of aliphatic hydroxyl groups is 1. The van der Waals surface area contributed by atoms with Crippen LogP contribution in [0.15, 0.2) is 18.3 Å². The Labute approximate surface area is 111 Å². The van der Waals surface area contributed by atoms with Crippen LogP contribution in [-0.4, -0.2) is 28.3 Å².